The maximum Gasteiger partial charge on any atom is 0.135 e. The highest BCUT2D eigenvalue weighted by atomic mass is 32.1. The predicted octanol–water partition coefficient (Wildman–Crippen LogP) is 4.00. The highest BCUT2D eigenvalue weighted by Crippen LogP contribution is 2.38. The number of aliphatic imine (C=N–C) groups is 1. The van der Waals surface area contributed by atoms with E-state index in [1.54, 1.807) is 17.4 Å². The van der Waals surface area contributed by atoms with Crippen molar-refractivity contribution in [1.29, 1.82) is 0 Å². The van der Waals surface area contributed by atoms with E-state index in [0.717, 1.165) is 79.9 Å². The Morgan fingerprint density at radius 3 is 2.71 bits per heavy atom. The van der Waals surface area contributed by atoms with Crippen molar-refractivity contribution >= 4 is 33.5 Å². The molecule has 150 valence electrons. The molecule has 0 spiro atoms. The predicted molar refractivity (Wildman–Crippen MR) is 117 cm³/mol. The van der Waals surface area contributed by atoms with Gasteiger partial charge in [-0.2, -0.15) is 0 Å². The molecule has 0 aliphatic carbocycles. The third-order valence-corrected chi connectivity index (χ3v) is 6.56. The van der Waals surface area contributed by atoms with Gasteiger partial charge in [-0.25, -0.2) is 4.39 Å². The van der Waals surface area contributed by atoms with Crippen molar-refractivity contribution in [3.05, 3.63) is 40.5 Å². The van der Waals surface area contributed by atoms with Crippen LogP contribution in [0.4, 0.5) is 20.8 Å². The molecule has 0 radical (unpaired) electrons. The van der Waals surface area contributed by atoms with Crippen LogP contribution in [0, 0.1) is 5.82 Å². The molecule has 7 heteroatoms. The lowest BCUT2D eigenvalue weighted by Crippen LogP contribution is -2.44. The molecule has 28 heavy (non-hydrogen) atoms. The normalized spacial score (nSPS) is 18.9. The Balaban J connectivity index is 1.49. The molecule has 5 nitrogen and oxygen atoms in total. The van der Waals surface area contributed by atoms with E-state index in [1.165, 1.54) is 17.0 Å². The van der Waals surface area contributed by atoms with E-state index in [2.05, 4.69) is 40.5 Å². The minimum Gasteiger partial charge on any atom is -0.345 e. The number of hydrogen-bond acceptors (Lipinski definition) is 5. The van der Waals surface area contributed by atoms with Gasteiger partial charge in [0.2, 0.25) is 0 Å². The van der Waals surface area contributed by atoms with E-state index in [4.69, 9.17) is 4.99 Å². The van der Waals surface area contributed by atoms with Crippen LogP contribution in [-0.4, -0.2) is 62.0 Å². The van der Waals surface area contributed by atoms with E-state index in [9.17, 15) is 4.39 Å². The quantitative estimate of drug-likeness (QED) is 0.743. The highest BCUT2D eigenvalue weighted by molar-refractivity contribution is 7.16. The molecular weight excluding hydrogens is 373 g/mol. The van der Waals surface area contributed by atoms with Crippen molar-refractivity contribution < 1.29 is 4.39 Å². The van der Waals surface area contributed by atoms with Crippen molar-refractivity contribution in [2.45, 2.75) is 19.8 Å². The Morgan fingerprint density at radius 2 is 1.93 bits per heavy atom. The lowest BCUT2D eigenvalue weighted by molar-refractivity contribution is 0.153. The average Bonchev–Trinajstić information content (AvgIpc) is 3.04. The number of hydrogen-bond donors (Lipinski definition) is 2. The first kappa shape index (κ1) is 19.4. The topological polar surface area (TPSA) is 42.9 Å². The van der Waals surface area contributed by atoms with Crippen molar-refractivity contribution in [3.63, 3.8) is 0 Å². The maximum absolute atomic E-state index is 13.8. The number of amidine groups is 1. The van der Waals surface area contributed by atoms with E-state index >= 15 is 0 Å². The summed E-state index contributed by atoms with van der Waals surface area (Å²) in [5.41, 5.74) is 2.70. The SMILES string of the molecule is CCc1cc2c(s1)Nc1ccc(F)cc1NC2=NCCCN1CCN(C)CC1. The first-order chi connectivity index (χ1) is 13.6. The van der Waals surface area contributed by atoms with Gasteiger partial charge in [0.05, 0.1) is 16.9 Å². The minimum absolute atomic E-state index is 0.248. The van der Waals surface area contributed by atoms with Gasteiger partial charge in [-0.3, -0.25) is 4.99 Å². The summed E-state index contributed by atoms with van der Waals surface area (Å²) in [5.74, 6) is 0.586. The van der Waals surface area contributed by atoms with Gasteiger partial charge in [-0.15, -0.1) is 11.3 Å². The van der Waals surface area contributed by atoms with Crippen molar-refractivity contribution in [2.24, 2.45) is 4.99 Å². The fourth-order valence-electron chi connectivity index (χ4n) is 3.61. The molecular formula is C21H28FN5S. The van der Waals surface area contributed by atoms with Crippen molar-refractivity contribution in [2.75, 3.05) is 56.9 Å². The summed E-state index contributed by atoms with van der Waals surface area (Å²) in [6.45, 7) is 8.55. The Kier molecular flexibility index (Phi) is 5.94. The van der Waals surface area contributed by atoms with Crippen molar-refractivity contribution in [3.8, 4) is 0 Å². The van der Waals surface area contributed by atoms with Crippen LogP contribution < -0.4 is 10.6 Å². The Labute approximate surface area is 170 Å². The first-order valence-electron chi connectivity index (χ1n) is 10.0. The van der Waals surface area contributed by atoms with Gasteiger partial charge in [-0.1, -0.05) is 6.92 Å². The second-order valence-electron chi connectivity index (χ2n) is 7.48. The maximum atomic E-state index is 13.8. The van der Waals surface area contributed by atoms with Crippen molar-refractivity contribution in [1.82, 2.24) is 9.80 Å². The average molecular weight is 402 g/mol. The molecule has 2 N–H and O–H groups in total. The summed E-state index contributed by atoms with van der Waals surface area (Å²) < 4.78 is 13.8. The van der Waals surface area contributed by atoms with Crippen LogP contribution >= 0.6 is 11.3 Å². The van der Waals surface area contributed by atoms with Crippen LogP contribution in [0.3, 0.4) is 0 Å². The summed E-state index contributed by atoms with van der Waals surface area (Å²) in [6, 6.07) is 6.99. The highest BCUT2D eigenvalue weighted by Gasteiger charge is 2.21. The van der Waals surface area contributed by atoms with E-state index in [0.29, 0.717) is 0 Å². The van der Waals surface area contributed by atoms with E-state index < -0.39 is 0 Å². The summed E-state index contributed by atoms with van der Waals surface area (Å²) in [7, 11) is 2.18. The molecule has 0 bridgehead atoms. The van der Waals surface area contributed by atoms with Gasteiger partial charge in [-0.05, 0) is 50.7 Å². The monoisotopic (exact) mass is 401 g/mol. The van der Waals surface area contributed by atoms with Crippen LogP contribution in [0.15, 0.2) is 29.3 Å². The number of likely N-dealkylation sites (N-methyl/N-ethyl adjacent to an activating group) is 1. The van der Waals surface area contributed by atoms with Crippen LogP contribution in [-0.2, 0) is 6.42 Å². The Hall–Kier alpha value is -1.96. The lowest BCUT2D eigenvalue weighted by atomic mass is 10.2. The number of thiophene rings is 1. The van der Waals surface area contributed by atoms with Gasteiger partial charge >= 0.3 is 0 Å². The number of nitrogens with zero attached hydrogens (tertiary/aromatic N) is 3. The van der Waals surface area contributed by atoms with Gasteiger partial charge in [0.1, 0.15) is 16.7 Å². The van der Waals surface area contributed by atoms with E-state index in [-0.39, 0.29) is 5.82 Å². The zero-order valence-corrected chi connectivity index (χ0v) is 17.4. The zero-order chi connectivity index (χ0) is 19.5. The van der Waals surface area contributed by atoms with Gasteiger partial charge in [0.25, 0.3) is 0 Å². The molecule has 2 aliphatic heterocycles. The minimum atomic E-state index is -0.248. The molecule has 4 rings (SSSR count). The number of halogens is 1. The third-order valence-electron chi connectivity index (χ3n) is 5.37. The standard InChI is InChI=1S/C21H28FN5S/c1-3-16-14-17-20(23-7-4-8-27-11-9-26(2)10-12-27)24-19-13-15(22)5-6-18(19)25-21(17)28-16/h5-6,13-14,25H,3-4,7-12H2,1-2H3,(H,23,24). The summed E-state index contributed by atoms with van der Waals surface area (Å²) >= 11 is 1.74. The number of aryl methyl sites for hydroxylation is 1. The summed E-state index contributed by atoms with van der Waals surface area (Å²) in [4.78, 5) is 11.1. The van der Waals surface area contributed by atoms with Gasteiger partial charge in [0.15, 0.2) is 0 Å². The second-order valence-corrected chi connectivity index (χ2v) is 8.61. The molecule has 3 heterocycles. The van der Waals surface area contributed by atoms with Gasteiger partial charge < -0.3 is 20.4 Å². The molecule has 2 aliphatic rings. The molecule has 1 aromatic heterocycles. The molecule has 1 aromatic carbocycles. The fraction of sp³-hybridized carbons (Fsp3) is 0.476. The van der Waals surface area contributed by atoms with Gasteiger partial charge in [0, 0.05) is 37.6 Å². The largest absolute Gasteiger partial charge is 0.345 e. The number of anilines is 3. The second kappa shape index (κ2) is 8.59. The number of fused-ring (bicyclic) bond motifs is 2. The molecule has 1 fully saturated rings. The molecule has 2 aromatic rings. The molecule has 0 amide bonds. The number of benzene rings is 1. The molecule has 1 saturated heterocycles. The third kappa shape index (κ3) is 4.37. The summed E-state index contributed by atoms with van der Waals surface area (Å²) in [6.07, 6.45) is 2.02. The summed E-state index contributed by atoms with van der Waals surface area (Å²) in [5, 5.41) is 7.91. The first-order valence-corrected chi connectivity index (χ1v) is 10.9. The van der Waals surface area contributed by atoms with E-state index in [1.807, 2.05) is 0 Å². The smallest absolute Gasteiger partial charge is 0.135 e. The van der Waals surface area contributed by atoms with Crippen LogP contribution in [0.25, 0.3) is 0 Å². The number of nitrogens with one attached hydrogen (secondary N) is 2. The molecule has 0 atom stereocenters. The van der Waals surface area contributed by atoms with Crippen LogP contribution in [0.2, 0.25) is 0 Å². The Bertz CT molecular complexity index is 854. The number of rotatable bonds is 5. The number of piperazine rings is 1. The fourth-order valence-corrected chi connectivity index (χ4v) is 4.62. The molecule has 0 unspecified atom stereocenters. The molecule has 0 saturated carbocycles. The zero-order valence-electron chi connectivity index (χ0n) is 16.6. The van der Waals surface area contributed by atoms with Crippen LogP contribution in [0.5, 0.6) is 0 Å². The lowest BCUT2D eigenvalue weighted by Gasteiger charge is -2.32. The Morgan fingerprint density at radius 1 is 1.11 bits per heavy atom. The van der Waals surface area contributed by atoms with Crippen LogP contribution in [0.1, 0.15) is 23.8 Å².